The summed E-state index contributed by atoms with van der Waals surface area (Å²) in [6.45, 7) is 5.71. The van der Waals surface area contributed by atoms with Crippen LogP contribution in [0.3, 0.4) is 0 Å². The lowest BCUT2D eigenvalue weighted by molar-refractivity contribution is -0.174. The summed E-state index contributed by atoms with van der Waals surface area (Å²) in [4.78, 5) is 24.0. The largest absolute Gasteiger partial charge is 0.458 e. The maximum Gasteiger partial charge on any atom is 0.303 e. The Hall–Kier alpha value is -0.900. The van der Waals surface area contributed by atoms with E-state index in [1.54, 1.807) is 0 Å². The van der Waals surface area contributed by atoms with Crippen LogP contribution < -0.4 is 0 Å². The van der Waals surface area contributed by atoms with Gasteiger partial charge in [-0.15, -0.1) is 0 Å². The number of hydrogen-bond acceptors (Lipinski definition) is 4. The van der Waals surface area contributed by atoms with Gasteiger partial charge in [0, 0.05) is 12.3 Å². The highest BCUT2D eigenvalue weighted by atomic mass is 16.5. The quantitative estimate of drug-likeness (QED) is 0.747. The highest BCUT2D eigenvalue weighted by Crippen LogP contribution is 2.68. The smallest absolute Gasteiger partial charge is 0.303 e. The molecule has 4 heteroatoms. The molecule has 0 aromatic heterocycles. The minimum Gasteiger partial charge on any atom is -0.458 e. The van der Waals surface area contributed by atoms with Crippen molar-refractivity contribution in [1.29, 1.82) is 0 Å². The molecule has 152 valence electrons. The third-order valence-electron chi connectivity index (χ3n) is 9.60. The highest BCUT2D eigenvalue weighted by molar-refractivity contribution is 5.90. The number of hydrogen-bond donors (Lipinski definition) is 1. The number of aliphatic hydroxyl groups is 1. The number of carbonyl (C=O) groups is 2. The maximum absolute atomic E-state index is 12.9. The third-order valence-corrected chi connectivity index (χ3v) is 9.60. The van der Waals surface area contributed by atoms with Gasteiger partial charge in [-0.1, -0.05) is 26.7 Å². The van der Waals surface area contributed by atoms with Crippen LogP contribution in [-0.2, 0) is 14.3 Å². The average molecular weight is 377 g/mol. The minimum absolute atomic E-state index is 0.290. The summed E-state index contributed by atoms with van der Waals surface area (Å²) in [5, 5.41) is 11.5. The second kappa shape index (κ2) is 6.57. The van der Waals surface area contributed by atoms with Crippen LogP contribution in [0.15, 0.2) is 0 Å². The molecule has 7 atom stereocenters. The predicted molar refractivity (Wildman–Crippen MR) is 103 cm³/mol. The molecule has 1 N–H and O–H groups in total. The van der Waals surface area contributed by atoms with E-state index in [0.717, 1.165) is 31.1 Å². The standard InChI is InChI=1S/C23H36O4/c1-15(24)27-14-20(25)23(26)13-10-19-17-8-7-16-6-4-5-11-21(16,2)18(17)9-12-22(19,23)3/h16-19,26H,4-14H2,1-3H3/t16-,17+,18-,19-,21-,22-,23-/m0/s1. The number of ether oxygens (including phenoxy) is 1. The molecule has 0 heterocycles. The van der Waals surface area contributed by atoms with Crippen molar-refractivity contribution in [2.75, 3.05) is 6.61 Å². The van der Waals surface area contributed by atoms with Crippen LogP contribution in [0.5, 0.6) is 0 Å². The van der Waals surface area contributed by atoms with Gasteiger partial charge < -0.3 is 9.84 Å². The average Bonchev–Trinajstić information content (AvgIpc) is 2.91. The van der Waals surface area contributed by atoms with E-state index in [4.69, 9.17) is 4.74 Å². The lowest BCUT2D eigenvalue weighted by atomic mass is 9.44. The van der Waals surface area contributed by atoms with Crippen LogP contribution in [0.2, 0.25) is 0 Å². The van der Waals surface area contributed by atoms with Crippen molar-refractivity contribution in [3.05, 3.63) is 0 Å². The topological polar surface area (TPSA) is 63.6 Å². The first-order valence-corrected chi connectivity index (χ1v) is 11.1. The summed E-state index contributed by atoms with van der Waals surface area (Å²) in [5.41, 5.74) is -1.24. The fourth-order valence-electron chi connectivity index (χ4n) is 8.06. The van der Waals surface area contributed by atoms with Gasteiger partial charge >= 0.3 is 5.97 Å². The Bertz CT molecular complexity index is 630. The monoisotopic (exact) mass is 376 g/mol. The van der Waals surface area contributed by atoms with Crippen LogP contribution in [0.4, 0.5) is 0 Å². The lowest BCUT2D eigenvalue weighted by Crippen LogP contribution is -2.59. The molecule has 0 amide bonds. The van der Waals surface area contributed by atoms with Crippen molar-refractivity contribution >= 4 is 11.8 Å². The van der Waals surface area contributed by atoms with Crippen LogP contribution in [0.1, 0.15) is 85.0 Å². The number of esters is 1. The van der Waals surface area contributed by atoms with Crippen molar-refractivity contribution in [3.63, 3.8) is 0 Å². The summed E-state index contributed by atoms with van der Waals surface area (Å²) in [5.74, 6) is 1.93. The Morgan fingerprint density at radius 2 is 1.70 bits per heavy atom. The lowest BCUT2D eigenvalue weighted by Gasteiger charge is -2.61. The number of ketones is 1. The van der Waals surface area contributed by atoms with E-state index in [-0.39, 0.29) is 17.8 Å². The third kappa shape index (κ3) is 2.73. The second-order valence-electron chi connectivity index (χ2n) is 10.5. The molecule has 0 saturated heterocycles. The summed E-state index contributed by atoms with van der Waals surface area (Å²) in [7, 11) is 0. The van der Waals surface area contributed by atoms with E-state index >= 15 is 0 Å². The molecule has 4 aliphatic carbocycles. The van der Waals surface area contributed by atoms with Crippen molar-refractivity contribution in [1.82, 2.24) is 0 Å². The SMILES string of the molecule is CC(=O)OCC(=O)[C@@]1(O)CC[C@H]2[C@@H]3CC[C@@H]4CCCC[C@]4(C)[C@H]3CC[C@@]21C. The summed E-state index contributed by atoms with van der Waals surface area (Å²) < 4.78 is 4.95. The number of fused-ring (bicyclic) bond motifs is 5. The zero-order valence-corrected chi connectivity index (χ0v) is 17.3. The van der Waals surface area contributed by atoms with Crippen LogP contribution in [0.25, 0.3) is 0 Å². The Morgan fingerprint density at radius 3 is 2.44 bits per heavy atom. The predicted octanol–water partition coefficient (Wildman–Crippen LogP) is 4.28. The first-order valence-electron chi connectivity index (χ1n) is 11.1. The van der Waals surface area contributed by atoms with Gasteiger partial charge in [-0.25, -0.2) is 0 Å². The van der Waals surface area contributed by atoms with Crippen molar-refractivity contribution < 1.29 is 19.4 Å². The molecule has 27 heavy (non-hydrogen) atoms. The molecule has 4 fully saturated rings. The molecule has 0 spiro atoms. The zero-order valence-electron chi connectivity index (χ0n) is 17.3. The Kier molecular flexibility index (Phi) is 4.73. The summed E-state index contributed by atoms with van der Waals surface area (Å²) in [6, 6.07) is 0. The van der Waals surface area contributed by atoms with E-state index < -0.39 is 11.6 Å². The van der Waals surface area contributed by atoms with Gasteiger partial charge in [0.25, 0.3) is 0 Å². The molecule has 4 aliphatic rings. The van der Waals surface area contributed by atoms with Crippen LogP contribution in [0, 0.1) is 34.5 Å². The van der Waals surface area contributed by atoms with Crippen LogP contribution >= 0.6 is 0 Å². The summed E-state index contributed by atoms with van der Waals surface area (Å²) in [6.07, 6.45) is 11.6. The number of Topliss-reactive ketones (excluding diaryl/α,β-unsaturated/α-hetero) is 1. The molecule has 0 aromatic rings. The second-order valence-corrected chi connectivity index (χ2v) is 10.5. The zero-order chi connectivity index (χ0) is 19.4. The van der Waals surface area contributed by atoms with E-state index in [9.17, 15) is 14.7 Å². The van der Waals surface area contributed by atoms with E-state index in [0.29, 0.717) is 23.7 Å². The fraction of sp³-hybridized carbons (Fsp3) is 0.913. The Balaban J connectivity index is 1.58. The molecule has 4 saturated carbocycles. The molecule has 0 aromatic carbocycles. The number of carbonyl (C=O) groups excluding carboxylic acids is 2. The summed E-state index contributed by atoms with van der Waals surface area (Å²) >= 11 is 0. The minimum atomic E-state index is -1.33. The first kappa shape index (κ1) is 19.4. The van der Waals surface area contributed by atoms with Gasteiger partial charge in [0.1, 0.15) is 5.60 Å². The van der Waals surface area contributed by atoms with E-state index in [1.165, 1.54) is 45.4 Å². The van der Waals surface area contributed by atoms with Crippen molar-refractivity contribution in [2.24, 2.45) is 34.5 Å². The molecule has 4 rings (SSSR count). The van der Waals surface area contributed by atoms with Gasteiger partial charge in [-0.2, -0.15) is 0 Å². The fourth-order valence-corrected chi connectivity index (χ4v) is 8.06. The number of rotatable bonds is 3. The molecular formula is C23H36O4. The van der Waals surface area contributed by atoms with Gasteiger partial charge in [-0.3, -0.25) is 9.59 Å². The van der Waals surface area contributed by atoms with Gasteiger partial charge in [0.05, 0.1) is 0 Å². The normalized spacial score (nSPS) is 48.9. The molecule has 0 aliphatic heterocycles. The molecule has 4 nitrogen and oxygen atoms in total. The molecule has 0 radical (unpaired) electrons. The highest BCUT2D eigenvalue weighted by Gasteiger charge is 2.66. The first-order chi connectivity index (χ1) is 12.7. The van der Waals surface area contributed by atoms with E-state index in [2.05, 4.69) is 13.8 Å². The van der Waals surface area contributed by atoms with E-state index in [1.807, 2.05) is 0 Å². The van der Waals surface area contributed by atoms with Crippen molar-refractivity contribution in [3.8, 4) is 0 Å². The Morgan fingerprint density at radius 1 is 0.963 bits per heavy atom. The van der Waals surface area contributed by atoms with Gasteiger partial charge in [0.2, 0.25) is 5.78 Å². The van der Waals surface area contributed by atoms with Crippen LogP contribution in [-0.4, -0.2) is 29.1 Å². The maximum atomic E-state index is 12.9. The molecule has 0 unspecified atom stereocenters. The Labute approximate surface area is 163 Å². The van der Waals surface area contributed by atoms with Crippen molar-refractivity contribution in [2.45, 2.75) is 90.6 Å². The van der Waals surface area contributed by atoms with Gasteiger partial charge in [-0.05, 0) is 80.5 Å². The van der Waals surface area contributed by atoms with Gasteiger partial charge in [0.15, 0.2) is 6.61 Å². The molecular weight excluding hydrogens is 340 g/mol. The molecule has 0 bridgehead atoms.